The molecule has 1 unspecified atom stereocenters. The quantitative estimate of drug-likeness (QED) is 0.934. The van der Waals surface area contributed by atoms with E-state index in [0.717, 1.165) is 17.1 Å². The second kappa shape index (κ2) is 5.72. The van der Waals surface area contributed by atoms with Gasteiger partial charge in [-0.3, -0.25) is 9.69 Å². The van der Waals surface area contributed by atoms with Crippen LogP contribution in [0.5, 0.6) is 5.75 Å². The Morgan fingerprint density at radius 2 is 1.91 bits per heavy atom. The number of carbonyl (C=O) groups is 1. The number of nitrogens with zero attached hydrogens (tertiary/aromatic N) is 1. The molecule has 22 heavy (non-hydrogen) atoms. The number of nitrogens with one attached hydrogen (secondary N) is 1. The van der Waals surface area contributed by atoms with Gasteiger partial charge in [0.05, 0.1) is 11.7 Å². The molecule has 3 rings (SSSR count). The van der Waals surface area contributed by atoms with Crippen molar-refractivity contribution in [3.8, 4) is 5.75 Å². The second-order valence-corrected chi connectivity index (χ2v) is 5.71. The van der Waals surface area contributed by atoms with Gasteiger partial charge in [-0.1, -0.05) is 18.2 Å². The van der Waals surface area contributed by atoms with Crippen LogP contribution in [0.3, 0.4) is 0 Å². The second-order valence-electron chi connectivity index (χ2n) is 5.71. The summed E-state index contributed by atoms with van der Waals surface area (Å²) in [5.74, 6) is 0.773. The van der Waals surface area contributed by atoms with Crippen LogP contribution in [0.15, 0.2) is 48.5 Å². The highest BCUT2D eigenvalue weighted by atomic mass is 16.5. The zero-order valence-electron chi connectivity index (χ0n) is 13.0. The van der Waals surface area contributed by atoms with Gasteiger partial charge in [-0.15, -0.1) is 0 Å². The first-order chi connectivity index (χ1) is 10.6. The fourth-order valence-electron chi connectivity index (χ4n) is 2.71. The topological polar surface area (TPSA) is 41.6 Å². The van der Waals surface area contributed by atoms with E-state index in [1.807, 2.05) is 69.3 Å². The van der Waals surface area contributed by atoms with Crippen molar-refractivity contribution >= 4 is 17.3 Å². The summed E-state index contributed by atoms with van der Waals surface area (Å²) in [5.41, 5.74) is 2.40. The number of rotatable bonds is 3. The molecule has 2 aromatic carbocycles. The van der Waals surface area contributed by atoms with Crippen LogP contribution in [0.4, 0.5) is 11.4 Å². The highest BCUT2D eigenvalue weighted by Crippen LogP contribution is 2.31. The van der Waals surface area contributed by atoms with Gasteiger partial charge in [-0.05, 0) is 45.0 Å². The maximum Gasteiger partial charge on any atom is 0.262 e. The molecule has 4 nitrogen and oxygen atoms in total. The zero-order valence-corrected chi connectivity index (χ0v) is 13.0. The summed E-state index contributed by atoms with van der Waals surface area (Å²) >= 11 is 0. The van der Waals surface area contributed by atoms with Gasteiger partial charge in [0.15, 0.2) is 0 Å². The molecule has 0 fully saturated rings. The molecule has 0 bridgehead atoms. The SMILES string of the molecule is CC(C)Oc1cccc(N2C(=O)c3ccccc3NC2C)c1. The molecule has 0 aliphatic carbocycles. The van der Waals surface area contributed by atoms with E-state index in [2.05, 4.69) is 5.32 Å². The van der Waals surface area contributed by atoms with Crippen LogP contribution in [-0.2, 0) is 0 Å². The highest BCUT2D eigenvalue weighted by Gasteiger charge is 2.30. The molecular weight excluding hydrogens is 276 g/mol. The minimum atomic E-state index is -0.114. The van der Waals surface area contributed by atoms with Crippen molar-refractivity contribution in [3.05, 3.63) is 54.1 Å². The predicted molar refractivity (Wildman–Crippen MR) is 88.5 cm³/mol. The van der Waals surface area contributed by atoms with Gasteiger partial charge < -0.3 is 10.1 Å². The van der Waals surface area contributed by atoms with Crippen LogP contribution in [0.2, 0.25) is 0 Å². The van der Waals surface area contributed by atoms with Gasteiger partial charge in [0, 0.05) is 17.4 Å². The first kappa shape index (κ1) is 14.4. The average molecular weight is 296 g/mol. The minimum Gasteiger partial charge on any atom is -0.491 e. The molecular formula is C18H20N2O2. The number of hydrogen-bond donors (Lipinski definition) is 1. The Hall–Kier alpha value is -2.49. The molecule has 0 saturated heterocycles. The Morgan fingerprint density at radius 3 is 2.68 bits per heavy atom. The lowest BCUT2D eigenvalue weighted by molar-refractivity contribution is 0.0977. The lowest BCUT2D eigenvalue weighted by Gasteiger charge is -2.36. The smallest absolute Gasteiger partial charge is 0.262 e. The number of benzene rings is 2. The third-order valence-electron chi connectivity index (χ3n) is 3.60. The molecule has 1 heterocycles. The Kier molecular flexibility index (Phi) is 3.75. The number of ether oxygens (including phenoxy) is 1. The first-order valence-electron chi connectivity index (χ1n) is 7.52. The third kappa shape index (κ3) is 2.64. The molecule has 0 radical (unpaired) electrons. The number of carbonyl (C=O) groups excluding carboxylic acids is 1. The minimum absolute atomic E-state index is 0.00328. The van der Waals surface area contributed by atoms with Crippen LogP contribution >= 0.6 is 0 Å². The van der Waals surface area contributed by atoms with Crippen molar-refractivity contribution in [3.63, 3.8) is 0 Å². The number of para-hydroxylation sites is 1. The van der Waals surface area contributed by atoms with Crippen molar-refractivity contribution < 1.29 is 9.53 Å². The molecule has 1 atom stereocenters. The Labute approximate surface area is 130 Å². The summed E-state index contributed by atoms with van der Waals surface area (Å²) in [6, 6.07) is 15.2. The normalized spacial score (nSPS) is 17.2. The van der Waals surface area contributed by atoms with Gasteiger partial charge in [-0.2, -0.15) is 0 Å². The highest BCUT2D eigenvalue weighted by molar-refractivity contribution is 6.12. The first-order valence-corrected chi connectivity index (χ1v) is 7.52. The van der Waals surface area contributed by atoms with E-state index < -0.39 is 0 Å². The molecule has 2 aromatic rings. The summed E-state index contributed by atoms with van der Waals surface area (Å²) in [6.45, 7) is 5.95. The number of hydrogen-bond acceptors (Lipinski definition) is 3. The maximum atomic E-state index is 12.8. The van der Waals surface area contributed by atoms with E-state index in [1.165, 1.54) is 0 Å². The molecule has 0 saturated carbocycles. The van der Waals surface area contributed by atoms with Crippen molar-refractivity contribution in [1.29, 1.82) is 0 Å². The van der Waals surface area contributed by atoms with Gasteiger partial charge >= 0.3 is 0 Å². The zero-order chi connectivity index (χ0) is 15.7. The van der Waals surface area contributed by atoms with E-state index in [-0.39, 0.29) is 18.2 Å². The Bertz CT molecular complexity index is 697. The molecule has 114 valence electrons. The van der Waals surface area contributed by atoms with E-state index in [9.17, 15) is 4.79 Å². The van der Waals surface area contributed by atoms with Crippen LogP contribution in [-0.4, -0.2) is 18.2 Å². The van der Waals surface area contributed by atoms with Crippen molar-refractivity contribution in [2.24, 2.45) is 0 Å². The summed E-state index contributed by atoms with van der Waals surface area (Å²) in [4.78, 5) is 14.6. The lowest BCUT2D eigenvalue weighted by atomic mass is 10.1. The van der Waals surface area contributed by atoms with Gasteiger partial charge in [0.2, 0.25) is 0 Å². The van der Waals surface area contributed by atoms with Crippen molar-refractivity contribution in [1.82, 2.24) is 0 Å². The van der Waals surface area contributed by atoms with E-state index in [1.54, 1.807) is 4.90 Å². The van der Waals surface area contributed by atoms with Gasteiger partial charge in [0.25, 0.3) is 5.91 Å². The molecule has 1 amide bonds. The monoisotopic (exact) mass is 296 g/mol. The number of fused-ring (bicyclic) bond motifs is 1. The summed E-state index contributed by atoms with van der Waals surface area (Å²) in [6.07, 6.45) is -0.0136. The molecule has 1 N–H and O–H groups in total. The average Bonchev–Trinajstić information content (AvgIpc) is 2.47. The third-order valence-corrected chi connectivity index (χ3v) is 3.60. The standard InChI is InChI=1S/C18H20N2O2/c1-12(2)22-15-8-6-7-14(11-15)20-13(3)19-17-10-5-4-9-16(17)18(20)21/h4-13,19H,1-3H3. The van der Waals surface area contributed by atoms with E-state index >= 15 is 0 Å². The Balaban J connectivity index is 1.96. The summed E-state index contributed by atoms with van der Waals surface area (Å²) < 4.78 is 5.73. The molecule has 1 aliphatic heterocycles. The summed E-state index contributed by atoms with van der Waals surface area (Å²) in [7, 11) is 0. The number of anilines is 2. The predicted octanol–water partition coefficient (Wildman–Crippen LogP) is 3.89. The van der Waals surface area contributed by atoms with Gasteiger partial charge in [-0.25, -0.2) is 0 Å². The molecule has 0 spiro atoms. The fraction of sp³-hybridized carbons (Fsp3) is 0.278. The Morgan fingerprint density at radius 1 is 1.14 bits per heavy atom. The van der Waals surface area contributed by atoms with Crippen LogP contribution in [0.1, 0.15) is 31.1 Å². The van der Waals surface area contributed by atoms with E-state index in [4.69, 9.17) is 4.74 Å². The molecule has 1 aliphatic rings. The van der Waals surface area contributed by atoms with Crippen LogP contribution in [0, 0.1) is 0 Å². The molecule has 4 heteroatoms. The van der Waals surface area contributed by atoms with E-state index in [0.29, 0.717) is 5.56 Å². The van der Waals surface area contributed by atoms with Crippen molar-refractivity contribution in [2.45, 2.75) is 33.0 Å². The van der Waals surface area contributed by atoms with Crippen LogP contribution in [0.25, 0.3) is 0 Å². The maximum absolute atomic E-state index is 12.8. The largest absolute Gasteiger partial charge is 0.491 e. The summed E-state index contributed by atoms with van der Waals surface area (Å²) in [5, 5.41) is 3.36. The number of amides is 1. The molecule has 0 aromatic heterocycles. The fourth-order valence-corrected chi connectivity index (χ4v) is 2.71. The van der Waals surface area contributed by atoms with Crippen molar-refractivity contribution in [2.75, 3.05) is 10.2 Å². The van der Waals surface area contributed by atoms with Crippen LogP contribution < -0.4 is 15.0 Å². The lowest BCUT2D eigenvalue weighted by Crippen LogP contribution is -2.47. The van der Waals surface area contributed by atoms with Gasteiger partial charge in [0.1, 0.15) is 11.9 Å².